The fourth-order valence-corrected chi connectivity index (χ4v) is 1.70. The van der Waals surface area contributed by atoms with Gasteiger partial charge in [-0.15, -0.1) is 0 Å². The van der Waals surface area contributed by atoms with Crippen LogP contribution in [0.2, 0.25) is 0 Å². The molecular weight excluding hydrogens is 258 g/mol. The number of hydrogen-bond donors (Lipinski definition) is 1. The molecule has 1 unspecified atom stereocenters. The third-order valence-corrected chi connectivity index (χ3v) is 2.77. The van der Waals surface area contributed by atoms with Gasteiger partial charge in [0.2, 0.25) is 3.79 Å². The van der Waals surface area contributed by atoms with Gasteiger partial charge in [0.1, 0.15) is 5.92 Å². The van der Waals surface area contributed by atoms with Crippen molar-refractivity contribution in [2.75, 3.05) is 0 Å². The molecule has 0 heterocycles. The lowest BCUT2D eigenvalue weighted by Gasteiger charge is -2.20. The Morgan fingerprint density at radius 1 is 1.27 bits per heavy atom. The molecule has 1 rings (SSSR count). The predicted octanol–water partition coefficient (Wildman–Crippen LogP) is 3.30. The number of carboxylic acid groups (broad SMARTS) is 1. The highest BCUT2D eigenvalue weighted by Crippen LogP contribution is 2.37. The summed E-state index contributed by atoms with van der Waals surface area (Å²) in [6, 6.07) is 9.06. The molecule has 0 aromatic heterocycles. The standard InChI is InChI=1S/C10H9Cl3O2/c11-10(12,13)8(9(14)15)6-7-4-2-1-3-5-7/h1-5,8H,6H2,(H,14,15). The van der Waals surface area contributed by atoms with Gasteiger partial charge in [-0.05, 0) is 12.0 Å². The Morgan fingerprint density at radius 2 is 1.80 bits per heavy atom. The molecule has 0 fully saturated rings. The first kappa shape index (κ1) is 12.6. The Bertz CT molecular complexity index is 332. The van der Waals surface area contributed by atoms with Crippen LogP contribution >= 0.6 is 34.8 Å². The Morgan fingerprint density at radius 3 is 2.20 bits per heavy atom. The summed E-state index contributed by atoms with van der Waals surface area (Å²) in [6.45, 7) is 0. The fourth-order valence-electron chi connectivity index (χ4n) is 1.19. The van der Waals surface area contributed by atoms with E-state index in [2.05, 4.69) is 0 Å². The first-order valence-electron chi connectivity index (χ1n) is 4.24. The molecule has 0 aliphatic heterocycles. The number of rotatable bonds is 3. The first-order valence-corrected chi connectivity index (χ1v) is 5.38. The van der Waals surface area contributed by atoms with Gasteiger partial charge in [0.05, 0.1) is 0 Å². The Balaban J connectivity index is 2.82. The Kier molecular flexibility index (Phi) is 4.26. The van der Waals surface area contributed by atoms with Crippen molar-refractivity contribution in [2.24, 2.45) is 5.92 Å². The van der Waals surface area contributed by atoms with Gasteiger partial charge < -0.3 is 5.11 Å². The smallest absolute Gasteiger partial charge is 0.311 e. The van der Waals surface area contributed by atoms with Crippen LogP contribution in [0, 0.1) is 5.92 Å². The minimum absolute atomic E-state index is 0.201. The van der Waals surface area contributed by atoms with Crippen LogP contribution in [0.5, 0.6) is 0 Å². The van der Waals surface area contributed by atoms with Crippen LogP contribution in [0.15, 0.2) is 30.3 Å². The maximum atomic E-state index is 10.9. The van der Waals surface area contributed by atoms with Crippen LogP contribution in [0.4, 0.5) is 0 Å². The second-order valence-electron chi connectivity index (χ2n) is 3.12. The number of hydrogen-bond acceptors (Lipinski definition) is 1. The molecule has 0 bridgehead atoms. The fraction of sp³-hybridized carbons (Fsp3) is 0.300. The molecule has 0 aliphatic rings. The van der Waals surface area contributed by atoms with Crippen LogP contribution in [0.25, 0.3) is 0 Å². The summed E-state index contributed by atoms with van der Waals surface area (Å²) in [6.07, 6.45) is 0.201. The van der Waals surface area contributed by atoms with Crippen molar-refractivity contribution >= 4 is 40.8 Å². The number of aliphatic carboxylic acids is 1. The largest absolute Gasteiger partial charge is 0.481 e. The average Bonchev–Trinajstić information content (AvgIpc) is 2.13. The second-order valence-corrected chi connectivity index (χ2v) is 5.49. The van der Waals surface area contributed by atoms with E-state index < -0.39 is 15.7 Å². The highest BCUT2D eigenvalue weighted by Gasteiger charge is 2.38. The lowest BCUT2D eigenvalue weighted by molar-refractivity contribution is -0.141. The van der Waals surface area contributed by atoms with Crippen molar-refractivity contribution in [1.82, 2.24) is 0 Å². The average molecular weight is 268 g/mol. The van der Waals surface area contributed by atoms with Crippen LogP contribution in [0.3, 0.4) is 0 Å². The molecule has 0 saturated carbocycles. The van der Waals surface area contributed by atoms with Crippen molar-refractivity contribution in [3.63, 3.8) is 0 Å². The maximum absolute atomic E-state index is 10.9. The summed E-state index contributed by atoms with van der Waals surface area (Å²) in [5.41, 5.74) is 0.830. The van der Waals surface area contributed by atoms with E-state index in [1.807, 2.05) is 18.2 Å². The van der Waals surface area contributed by atoms with Crippen molar-refractivity contribution in [2.45, 2.75) is 10.2 Å². The Hall–Kier alpha value is -0.440. The zero-order valence-corrected chi connectivity index (χ0v) is 9.93. The summed E-state index contributed by atoms with van der Waals surface area (Å²) < 4.78 is -1.79. The predicted molar refractivity (Wildman–Crippen MR) is 61.6 cm³/mol. The molecular formula is C10H9Cl3O2. The molecule has 1 aromatic carbocycles. The zero-order chi connectivity index (χ0) is 11.5. The molecule has 15 heavy (non-hydrogen) atoms. The van der Waals surface area contributed by atoms with E-state index in [4.69, 9.17) is 39.9 Å². The lowest BCUT2D eigenvalue weighted by Crippen LogP contribution is -2.29. The molecule has 5 heteroatoms. The number of carboxylic acids is 1. The van der Waals surface area contributed by atoms with Gasteiger partial charge in [-0.3, -0.25) is 4.79 Å². The molecule has 1 atom stereocenters. The van der Waals surface area contributed by atoms with Gasteiger partial charge in [0.25, 0.3) is 0 Å². The van der Waals surface area contributed by atoms with Gasteiger partial charge in [0.15, 0.2) is 0 Å². The highest BCUT2D eigenvalue weighted by atomic mass is 35.6. The van der Waals surface area contributed by atoms with Gasteiger partial charge in [0, 0.05) is 0 Å². The minimum atomic E-state index is -1.79. The highest BCUT2D eigenvalue weighted by molar-refractivity contribution is 6.68. The molecule has 1 N–H and O–H groups in total. The van der Waals surface area contributed by atoms with E-state index in [0.717, 1.165) is 5.56 Å². The summed E-state index contributed by atoms with van der Waals surface area (Å²) in [5.74, 6) is -2.15. The van der Waals surface area contributed by atoms with Crippen LogP contribution in [-0.4, -0.2) is 14.9 Å². The SMILES string of the molecule is O=C(O)C(Cc1ccccc1)C(Cl)(Cl)Cl. The molecule has 2 nitrogen and oxygen atoms in total. The van der Waals surface area contributed by atoms with Crippen molar-refractivity contribution < 1.29 is 9.90 Å². The number of benzene rings is 1. The van der Waals surface area contributed by atoms with Gasteiger partial charge in [-0.1, -0.05) is 65.1 Å². The first-order chi connectivity index (χ1) is 6.91. The third-order valence-electron chi connectivity index (χ3n) is 1.98. The zero-order valence-electron chi connectivity index (χ0n) is 7.66. The van der Waals surface area contributed by atoms with Gasteiger partial charge in [-0.2, -0.15) is 0 Å². The van der Waals surface area contributed by atoms with Gasteiger partial charge in [-0.25, -0.2) is 0 Å². The maximum Gasteiger partial charge on any atom is 0.311 e. The Labute approximate surface area is 103 Å². The molecule has 82 valence electrons. The van der Waals surface area contributed by atoms with Gasteiger partial charge >= 0.3 is 5.97 Å². The van der Waals surface area contributed by atoms with Crippen LogP contribution < -0.4 is 0 Å². The minimum Gasteiger partial charge on any atom is -0.481 e. The van der Waals surface area contributed by atoms with Crippen LogP contribution in [0.1, 0.15) is 5.56 Å². The molecule has 0 aliphatic carbocycles. The monoisotopic (exact) mass is 266 g/mol. The number of alkyl halides is 3. The number of halogens is 3. The van der Waals surface area contributed by atoms with E-state index in [0.29, 0.717) is 0 Å². The lowest BCUT2D eigenvalue weighted by atomic mass is 10.0. The second kappa shape index (κ2) is 5.06. The molecule has 0 radical (unpaired) electrons. The van der Waals surface area contributed by atoms with Crippen molar-refractivity contribution in [1.29, 1.82) is 0 Å². The summed E-state index contributed by atoms with van der Waals surface area (Å²) in [5, 5.41) is 8.92. The molecule has 1 aromatic rings. The topological polar surface area (TPSA) is 37.3 Å². The van der Waals surface area contributed by atoms with Crippen molar-refractivity contribution in [3.05, 3.63) is 35.9 Å². The van der Waals surface area contributed by atoms with E-state index in [1.165, 1.54) is 0 Å². The number of carbonyl (C=O) groups is 1. The van der Waals surface area contributed by atoms with E-state index in [9.17, 15) is 4.79 Å². The molecule has 0 saturated heterocycles. The van der Waals surface area contributed by atoms with Crippen LogP contribution in [-0.2, 0) is 11.2 Å². The van der Waals surface area contributed by atoms with E-state index >= 15 is 0 Å². The molecule has 0 amide bonds. The summed E-state index contributed by atoms with van der Waals surface area (Å²) in [7, 11) is 0. The summed E-state index contributed by atoms with van der Waals surface area (Å²) >= 11 is 16.8. The normalized spacial score (nSPS) is 13.5. The van der Waals surface area contributed by atoms with E-state index in [1.54, 1.807) is 12.1 Å². The molecule has 0 spiro atoms. The summed E-state index contributed by atoms with van der Waals surface area (Å²) in [4.78, 5) is 10.9. The third kappa shape index (κ3) is 3.90. The quantitative estimate of drug-likeness (QED) is 0.853. The van der Waals surface area contributed by atoms with Crippen molar-refractivity contribution in [3.8, 4) is 0 Å². The van der Waals surface area contributed by atoms with E-state index in [-0.39, 0.29) is 6.42 Å².